The average Bonchev–Trinajstić information content (AvgIpc) is 2.21. The molecule has 0 heterocycles. The monoisotopic (exact) mass is 190 g/mol. The summed E-state index contributed by atoms with van der Waals surface area (Å²) in [5, 5.41) is 9.08. The van der Waals surface area contributed by atoms with Crippen LogP contribution in [-0.2, 0) is 0 Å². The van der Waals surface area contributed by atoms with Gasteiger partial charge in [0.25, 0.3) is 0 Å². The molecule has 1 unspecified atom stereocenters. The van der Waals surface area contributed by atoms with Crippen molar-refractivity contribution in [2.24, 2.45) is 5.92 Å². The molecule has 0 bridgehead atoms. The molecule has 0 aliphatic carbocycles. The van der Waals surface area contributed by atoms with Crippen LogP contribution in [0.15, 0.2) is 30.3 Å². The maximum Gasteiger partial charge on any atom is 0.115 e. The molecule has 1 atom stereocenters. The molecule has 1 aromatic carbocycles. The van der Waals surface area contributed by atoms with Gasteiger partial charge in [-0.25, -0.2) is 0 Å². The van der Waals surface area contributed by atoms with Crippen LogP contribution in [0.1, 0.15) is 32.3 Å². The first kappa shape index (κ1) is 10.8. The topological polar surface area (TPSA) is 20.2 Å². The fourth-order valence-corrected chi connectivity index (χ4v) is 1.19. The predicted molar refractivity (Wildman–Crippen MR) is 61.2 cm³/mol. The molecule has 0 fully saturated rings. The number of phenols is 1. The molecule has 1 heteroatoms. The average molecular weight is 190 g/mol. The third-order valence-corrected chi connectivity index (χ3v) is 2.44. The van der Waals surface area contributed by atoms with E-state index in [2.05, 4.69) is 26.0 Å². The zero-order chi connectivity index (χ0) is 10.4. The molecule has 1 nitrogen and oxygen atoms in total. The first-order valence-corrected chi connectivity index (χ1v) is 5.18. The van der Waals surface area contributed by atoms with Gasteiger partial charge < -0.3 is 5.11 Å². The Morgan fingerprint density at radius 2 is 1.93 bits per heavy atom. The second kappa shape index (κ2) is 5.48. The number of phenolic OH excluding ortho intramolecular Hbond substituents is 1. The van der Waals surface area contributed by atoms with Gasteiger partial charge >= 0.3 is 0 Å². The Bertz CT molecular complexity index is 285. The highest BCUT2D eigenvalue weighted by Gasteiger charge is 1.93. The molecule has 0 amide bonds. The van der Waals surface area contributed by atoms with Crippen LogP contribution in [0.25, 0.3) is 6.08 Å². The first-order valence-electron chi connectivity index (χ1n) is 5.18. The number of rotatable bonds is 4. The zero-order valence-corrected chi connectivity index (χ0v) is 8.90. The number of hydrogen-bond donors (Lipinski definition) is 1. The van der Waals surface area contributed by atoms with Crippen molar-refractivity contribution in [2.75, 3.05) is 0 Å². The summed E-state index contributed by atoms with van der Waals surface area (Å²) in [5.41, 5.74) is 1.14. The van der Waals surface area contributed by atoms with Crippen molar-refractivity contribution in [3.05, 3.63) is 35.9 Å². The number of hydrogen-bond acceptors (Lipinski definition) is 1. The molecule has 0 saturated carbocycles. The Morgan fingerprint density at radius 3 is 2.50 bits per heavy atom. The van der Waals surface area contributed by atoms with E-state index in [0.717, 1.165) is 17.9 Å². The molecule has 0 spiro atoms. The maximum absolute atomic E-state index is 9.08. The summed E-state index contributed by atoms with van der Waals surface area (Å²) < 4.78 is 0. The Hall–Kier alpha value is -1.24. The Balaban J connectivity index is 2.48. The zero-order valence-electron chi connectivity index (χ0n) is 8.90. The highest BCUT2D eigenvalue weighted by Crippen LogP contribution is 2.13. The van der Waals surface area contributed by atoms with E-state index in [-0.39, 0.29) is 0 Å². The lowest BCUT2D eigenvalue weighted by molar-refractivity contribution is 0.475. The molecular weight excluding hydrogens is 172 g/mol. The molecule has 14 heavy (non-hydrogen) atoms. The second-order valence-corrected chi connectivity index (χ2v) is 3.74. The molecule has 0 aliphatic heterocycles. The minimum absolute atomic E-state index is 0.323. The van der Waals surface area contributed by atoms with Crippen molar-refractivity contribution < 1.29 is 5.11 Å². The summed E-state index contributed by atoms with van der Waals surface area (Å²) in [5.74, 6) is 1.08. The van der Waals surface area contributed by atoms with Crippen molar-refractivity contribution in [3.8, 4) is 5.75 Å². The van der Waals surface area contributed by atoms with Crippen LogP contribution in [0.5, 0.6) is 5.75 Å². The van der Waals surface area contributed by atoms with Gasteiger partial charge in [0.1, 0.15) is 5.75 Å². The Morgan fingerprint density at radius 1 is 1.29 bits per heavy atom. The SMILES string of the molecule is CCC(C)C/C=C/c1ccc(O)cc1. The summed E-state index contributed by atoms with van der Waals surface area (Å²) in [6.07, 6.45) is 6.64. The van der Waals surface area contributed by atoms with Gasteiger partial charge in [0, 0.05) is 0 Å². The van der Waals surface area contributed by atoms with E-state index in [9.17, 15) is 0 Å². The normalized spacial score (nSPS) is 13.3. The van der Waals surface area contributed by atoms with E-state index >= 15 is 0 Å². The minimum Gasteiger partial charge on any atom is -0.508 e. The van der Waals surface area contributed by atoms with Crippen molar-refractivity contribution in [3.63, 3.8) is 0 Å². The van der Waals surface area contributed by atoms with Crippen molar-refractivity contribution in [2.45, 2.75) is 26.7 Å². The van der Waals surface area contributed by atoms with Crippen LogP contribution in [0.4, 0.5) is 0 Å². The van der Waals surface area contributed by atoms with Crippen molar-refractivity contribution in [1.82, 2.24) is 0 Å². The fourth-order valence-electron chi connectivity index (χ4n) is 1.19. The van der Waals surface area contributed by atoms with E-state index in [1.807, 2.05) is 12.1 Å². The lowest BCUT2D eigenvalue weighted by Gasteiger charge is -2.02. The second-order valence-electron chi connectivity index (χ2n) is 3.74. The van der Waals surface area contributed by atoms with Gasteiger partial charge in [-0.2, -0.15) is 0 Å². The molecule has 0 aliphatic rings. The fraction of sp³-hybridized carbons (Fsp3) is 0.385. The number of allylic oxidation sites excluding steroid dienone is 1. The first-order chi connectivity index (χ1) is 6.72. The van der Waals surface area contributed by atoms with Gasteiger partial charge in [-0.1, -0.05) is 44.6 Å². The summed E-state index contributed by atoms with van der Waals surface area (Å²) in [7, 11) is 0. The molecule has 1 N–H and O–H groups in total. The Kier molecular flexibility index (Phi) is 4.24. The summed E-state index contributed by atoms with van der Waals surface area (Å²) in [6.45, 7) is 4.46. The minimum atomic E-state index is 0.323. The van der Waals surface area contributed by atoms with Gasteiger partial charge in [-0.05, 0) is 30.0 Å². The van der Waals surface area contributed by atoms with Crippen molar-refractivity contribution >= 4 is 6.08 Å². The van der Waals surface area contributed by atoms with Gasteiger partial charge in [-0.3, -0.25) is 0 Å². The summed E-state index contributed by atoms with van der Waals surface area (Å²) >= 11 is 0. The molecule has 0 saturated heterocycles. The van der Waals surface area contributed by atoms with E-state index in [1.165, 1.54) is 6.42 Å². The Labute approximate surface area is 86.1 Å². The molecule has 0 radical (unpaired) electrons. The van der Waals surface area contributed by atoms with Crippen LogP contribution in [0, 0.1) is 5.92 Å². The van der Waals surface area contributed by atoms with E-state index in [4.69, 9.17) is 5.11 Å². The number of benzene rings is 1. The van der Waals surface area contributed by atoms with E-state index in [0.29, 0.717) is 5.75 Å². The lowest BCUT2D eigenvalue weighted by Crippen LogP contribution is -1.87. The third-order valence-electron chi connectivity index (χ3n) is 2.44. The summed E-state index contributed by atoms with van der Waals surface area (Å²) in [4.78, 5) is 0. The highest BCUT2D eigenvalue weighted by atomic mass is 16.3. The smallest absolute Gasteiger partial charge is 0.115 e. The van der Waals surface area contributed by atoms with Crippen LogP contribution in [0.2, 0.25) is 0 Å². The quantitative estimate of drug-likeness (QED) is 0.764. The summed E-state index contributed by atoms with van der Waals surface area (Å²) in [6, 6.07) is 7.26. The van der Waals surface area contributed by atoms with Gasteiger partial charge in [0.05, 0.1) is 0 Å². The molecule has 1 rings (SSSR count). The van der Waals surface area contributed by atoms with Crippen LogP contribution >= 0.6 is 0 Å². The maximum atomic E-state index is 9.08. The molecule has 0 aromatic heterocycles. The third kappa shape index (κ3) is 3.65. The standard InChI is InChI=1S/C13H18O/c1-3-11(2)5-4-6-12-7-9-13(14)10-8-12/h4,6-11,14H,3,5H2,1-2H3/b6-4+. The van der Waals surface area contributed by atoms with Crippen LogP contribution in [-0.4, -0.2) is 5.11 Å². The van der Waals surface area contributed by atoms with Gasteiger partial charge in [0.15, 0.2) is 0 Å². The highest BCUT2D eigenvalue weighted by molar-refractivity contribution is 5.50. The van der Waals surface area contributed by atoms with Gasteiger partial charge in [-0.15, -0.1) is 0 Å². The van der Waals surface area contributed by atoms with Crippen LogP contribution in [0.3, 0.4) is 0 Å². The number of aromatic hydroxyl groups is 1. The lowest BCUT2D eigenvalue weighted by atomic mass is 10.0. The van der Waals surface area contributed by atoms with Crippen molar-refractivity contribution in [1.29, 1.82) is 0 Å². The van der Waals surface area contributed by atoms with E-state index < -0.39 is 0 Å². The molecule has 76 valence electrons. The van der Waals surface area contributed by atoms with Gasteiger partial charge in [0.2, 0.25) is 0 Å². The molecular formula is C13H18O. The van der Waals surface area contributed by atoms with E-state index in [1.54, 1.807) is 12.1 Å². The largest absolute Gasteiger partial charge is 0.508 e. The predicted octanol–water partition coefficient (Wildman–Crippen LogP) is 3.84. The van der Waals surface area contributed by atoms with Crippen LogP contribution < -0.4 is 0 Å². The molecule has 1 aromatic rings.